The fourth-order valence-electron chi connectivity index (χ4n) is 2.17. The van der Waals surface area contributed by atoms with Gasteiger partial charge in [0.05, 0.1) is 12.3 Å². The van der Waals surface area contributed by atoms with Crippen molar-refractivity contribution in [3.05, 3.63) is 30.0 Å². The fourth-order valence-corrected chi connectivity index (χ4v) is 2.17. The number of esters is 1. The first-order chi connectivity index (χ1) is 12.9. The number of hydrogen-bond acceptors (Lipinski definition) is 6. The summed E-state index contributed by atoms with van der Waals surface area (Å²) in [5.41, 5.74) is 0.584. The monoisotopic (exact) mass is 376 g/mol. The van der Waals surface area contributed by atoms with Crippen LogP contribution in [0.5, 0.6) is 0 Å². The first-order valence-electron chi connectivity index (χ1n) is 8.11. The van der Waals surface area contributed by atoms with Gasteiger partial charge in [-0.2, -0.15) is 0 Å². The lowest BCUT2D eigenvalue weighted by Gasteiger charge is -2.02. The average molecular weight is 376 g/mol. The molecule has 0 radical (unpaired) electrons. The number of nitrogens with zero attached hydrogens (tertiary/aromatic N) is 2. The van der Waals surface area contributed by atoms with Crippen LogP contribution in [0, 0.1) is 0 Å². The molecule has 0 aromatic carbocycles. The largest absolute Gasteiger partial charge is 0.461 e. The number of amides is 3. The maximum atomic E-state index is 12.4. The minimum Gasteiger partial charge on any atom is -0.461 e. The first kappa shape index (κ1) is 19.7. The van der Waals surface area contributed by atoms with Gasteiger partial charge in [-0.15, -0.1) is 0 Å². The Bertz CT molecular complexity index is 840. The number of imidazole rings is 1. The standard InChI is InChI=1S/C16H20N6O5/c1-3-27-16(26)11-6-10(7-18-11)19-15(25)14-21-12(8-22(14)2)20-13(24)4-5-17-9-23/h6-9,18H,3-5H2,1-2H3,(H,17,23)(H,19,25)(H,20,24). The normalized spacial score (nSPS) is 10.1. The van der Waals surface area contributed by atoms with Crippen LogP contribution < -0.4 is 16.0 Å². The van der Waals surface area contributed by atoms with Gasteiger partial charge in [0.25, 0.3) is 5.91 Å². The fraction of sp³-hybridized carbons (Fsp3) is 0.312. The maximum Gasteiger partial charge on any atom is 0.354 e. The molecule has 0 bridgehead atoms. The number of hydrogen-bond donors (Lipinski definition) is 4. The number of carbonyl (C=O) groups excluding carboxylic acids is 4. The Kier molecular flexibility index (Phi) is 6.69. The van der Waals surface area contributed by atoms with Crippen LogP contribution in [0.3, 0.4) is 0 Å². The molecule has 11 heteroatoms. The molecule has 27 heavy (non-hydrogen) atoms. The zero-order valence-electron chi connectivity index (χ0n) is 14.9. The van der Waals surface area contributed by atoms with E-state index in [1.807, 2.05) is 0 Å². The minimum atomic E-state index is -0.524. The average Bonchev–Trinajstić information content (AvgIpc) is 3.22. The highest BCUT2D eigenvalue weighted by Gasteiger charge is 2.17. The van der Waals surface area contributed by atoms with Crippen LogP contribution >= 0.6 is 0 Å². The van der Waals surface area contributed by atoms with Crippen LogP contribution in [0.15, 0.2) is 18.5 Å². The van der Waals surface area contributed by atoms with Crippen molar-refractivity contribution >= 4 is 35.7 Å². The predicted octanol–water partition coefficient (Wildman–Crippen LogP) is 0.252. The van der Waals surface area contributed by atoms with E-state index >= 15 is 0 Å². The Morgan fingerprint density at radius 2 is 2.11 bits per heavy atom. The Balaban J connectivity index is 1.98. The topological polar surface area (TPSA) is 147 Å². The SMILES string of the molecule is CCOC(=O)c1cc(NC(=O)c2nc(NC(=O)CCNC=O)cn2C)c[nH]1. The summed E-state index contributed by atoms with van der Waals surface area (Å²) in [6.45, 7) is 2.14. The molecular weight excluding hydrogens is 356 g/mol. The summed E-state index contributed by atoms with van der Waals surface area (Å²) in [5, 5.41) is 7.52. The number of aromatic nitrogens is 3. The highest BCUT2D eigenvalue weighted by atomic mass is 16.5. The van der Waals surface area contributed by atoms with E-state index in [2.05, 4.69) is 25.9 Å². The molecular formula is C16H20N6O5. The smallest absolute Gasteiger partial charge is 0.354 e. The second-order valence-corrected chi connectivity index (χ2v) is 5.41. The molecule has 2 aromatic rings. The van der Waals surface area contributed by atoms with Crippen molar-refractivity contribution in [1.29, 1.82) is 0 Å². The lowest BCUT2D eigenvalue weighted by molar-refractivity contribution is -0.116. The van der Waals surface area contributed by atoms with Gasteiger partial charge in [-0.3, -0.25) is 14.4 Å². The molecule has 0 saturated heterocycles. The summed E-state index contributed by atoms with van der Waals surface area (Å²) in [6, 6.07) is 1.45. The molecule has 0 spiro atoms. The molecule has 2 rings (SSSR count). The zero-order valence-corrected chi connectivity index (χ0v) is 14.9. The van der Waals surface area contributed by atoms with E-state index in [9.17, 15) is 19.2 Å². The quantitative estimate of drug-likeness (QED) is 0.280. The highest BCUT2D eigenvalue weighted by Crippen LogP contribution is 2.14. The molecule has 4 N–H and O–H groups in total. The van der Waals surface area contributed by atoms with Gasteiger partial charge in [-0.25, -0.2) is 9.78 Å². The maximum absolute atomic E-state index is 12.4. The van der Waals surface area contributed by atoms with Crippen molar-refractivity contribution in [2.24, 2.45) is 7.05 Å². The third-order valence-electron chi connectivity index (χ3n) is 3.36. The number of aryl methyl sites for hydroxylation is 1. The third-order valence-corrected chi connectivity index (χ3v) is 3.36. The molecule has 0 aliphatic rings. The second kappa shape index (κ2) is 9.17. The molecule has 2 heterocycles. The summed E-state index contributed by atoms with van der Waals surface area (Å²) in [4.78, 5) is 52.7. The van der Waals surface area contributed by atoms with Crippen LogP contribution in [0.25, 0.3) is 0 Å². The van der Waals surface area contributed by atoms with Gasteiger partial charge in [-0.1, -0.05) is 0 Å². The molecule has 0 unspecified atom stereocenters. The predicted molar refractivity (Wildman–Crippen MR) is 95.2 cm³/mol. The summed E-state index contributed by atoms with van der Waals surface area (Å²) in [7, 11) is 1.60. The van der Waals surface area contributed by atoms with Crippen molar-refractivity contribution in [3.63, 3.8) is 0 Å². The molecule has 144 valence electrons. The number of nitrogens with one attached hydrogen (secondary N) is 4. The van der Waals surface area contributed by atoms with Gasteiger partial charge in [0.15, 0.2) is 5.82 Å². The summed E-state index contributed by atoms with van der Waals surface area (Å²) >= 11 is 0. The Labute approximate surface area is 154 Å². The molecule has 0 aliphatic carbocycles. The van der Waals surface area contributed by atoms with E-state index in [0.29, 0.717) is 12.1 Å². The lowest BCUT2D eigenvalue weighted by Crippen LogP contribution is -2.20. The van der Waals surface area contributed by atoms with Crippen molar-refractivity contribution in [3.8, 4) is 0 Å². The molecule has 0 atom stereocenters. The van der Waals surface area contributed by atoms with Crippen LogP contribution in [-0.2, 0) is 21.4 Å². The first-order valence-corrected chi connectivity index (χ1v) is 8.11. The number of aromatic amines is 1. The Hall–Kier alpha value is -3.63. The number of carbonyl (C=O) groups is 4. The molecule has 2 aromatic heterocycles. The summed E-state index contributed by atoms with van der Waals surface area (Å²) in [5.74, 6) is -1.12. The van der Waals surface area contributed by atoms with Crippen molar-refractivity contribution in [1.82, 2.24) is 19.9 Å². The van der Waals surface area contributed by atoms with Crippen molar-refractivity contribution in [2.75, 3.05) is 23.8 Å². The van der Waals surface area contributed by atoms with E-state index in [1.165, 1.54) is 23.0 Å². The highest BCUT2D eigenvalue weighted by molar-refractivity contribution is 6.03. The van der Waals surface area contributed by atoms with Gasteiger partial charge in [-0.05, 0) is 13.0 Å². The second-order valence-electron chi connectivity index (χ2n) is 5.41. The van der Waals surface area contributed by atoms with E-state index in [1.54, 1.807) is 14.0 Å². The van der Waals surface area contributed by atoms with Crippen LogP contribution in [-0.4, -0.2) is 51.9 Å². The van der Waals surface area contributed by atoms with Crippen LogP contribution in [0.4, 0.5) is 11.5 Å². The van der Waals surface area contributed by atoms with Gasteiger partial charge in [0.2, 0.25) is 18.1 Å². The molecule has 0 fully saturated rings. The number of rotatable bonds is 9. The van der Waals surface area contributed by atoms with E-state index in [-0.39, 0.29) is 42.8 Å². The summed E-state index contributed by atoms with van der Waals surface area (Å²) in [6.07, 6.45) is 3.53. The van der Waals surface area contributed by atoms with Crippen LogP contribution in [0.2, 0.25) is 0 Å². The third kappa shape index (κ3) is 5.42. The van der Waals surface area contributed by atoms with E-state index in [4.69, 9.17) is 4.74 Å². The molecule has 11 nitrogen and oxygen atoms in total. The van der Waals surface area contributed by atoms with Gasteiger partial charge < -0.3 is 30.2 Å². The Morgan fingerprint density at radius 3 is 2.81 bits per heavy atom. The number of ether oxygens (including phenoxy) is 1. The minimum absolute atomic E-state index is 0.0650. The van der Waals surface area contributed by atoms with Crippen molar-refractivity contribution < 1.29 is 23.9 Å². The van der Waals surface area contributed by atoms with Gasteiger partial charge in [0.1, 0.15) is 5.69 Å². The Morgan fingerprint density at radius 1 is 1.33 bits per heavy atom. The van der Waals surface area contributed by atoms with Gasteiger partial charge in [0, 0.05) is 32.4 Å². The van der Waals surface area contributed by atoms with E-state index < -0.39 is 11.9 Å². The summed E-state index contributed by atoms with van der Waals surface area (Å²) < 4.78 is 6.31. The van der Waals surface area contributed by atoms with Crippen molar-refractivity contribution in [2.45, 2.75) is 13.3 Å². The zero-order chi connectivity index (χ0) is 19.8. The van der Waals surface area contributed by atoms with Gasteiger partial charge >= 0.3 is 5.97 Å². The molecule has 3 amide bonds. The molecule has 0 saturated carbocycles. The molecule has 0 aliphatic heterocycles. The number of H-pyrrole nitrogens is 1. The van der Waals surface area contributed by atoms with E-state index in [0.717, 1.165) is 0 Å². The lowest BCUT2D eigenvalue weighted by atomic mass is 10.4. The van der Waals surface area contributed by atoms with Crippen LogP contribution in [0.1, 0.15) is 34.5 Å². The number of anilines is 2.